The van der Waals surface area contributed by atoms with E-state index >= 15 is 0 Å². The zero-order valence-corrected chi connectivity index (χ0v) is 9.52. The van der Waals surface area contributed by atoms with Gasteiger partial charge in [0.05, 0.1) is 5.56 Å². The van der Waals surface area contributed by atoms with Gasteiger partial charge in [0.2, 0.25) is 0 Å². The van der Waals surface area contributed by atoms with Crippen LogP contribution in [-0.4, -0.2) is 11.1 Å². The maximum Gasteiger partial charge on any atom is 3.00 e. The molecule has 0 bridgehead atoms. The number of carbonyl (C=O) groups is 1. The molecule has 0 amide bonds. The topological polar surface area (TPSA) is 60.4 Å². The van der Waals surface area contributed by atoms with Crippen molar-refractivity contribution >= 4 is 5.97 Å². The van der Waals surface area contributed by atoms with Gasteiger partial charge in [-0.05, 0) is 38.0 Å². The van der Waals surface area contributed by atoms with Crippen LogP contribution >= 0.6 is 0 Å². The summed E-state index contributed by atoms with van der Waals surface area (Å²) < 4.78 is 0. The molecule has 1 N–H and O–H groups in total. The van der Waals surface area contributed by atoms with Crippen molar-refractivity contribution in [1.82, 2.24) is 0 Å². The molecule has 15 heavy (non-hydrogen) atoms. The van der Waals surface area contributed by atoms with E-state index in [4.69, 9.17) is 5.11 Å². The van der Waals surface area contributed by atoms with E-state index in [2.05, 4.69) is 0 Å². The van der Waals surface area contributed by atoms with Crippen LogP contribution < -0.4 is 5.11 Å². The summed E-state index contributed by atoms with van der Waals surface area (Å²) in [5.74, 6) is -1.54. The molecular weight excluding hydrogens is 232 g/mol. The van der Waals surface area contributed by atoms with Crippen molar-refractivity contribution in [3.05, 3.63) is 28.3 Å². The maximum absolute atomic E-state index is 11.4. The Hall–Kier alpha value is -0.978. The van der Waals surface area contributed by atoms with Crippen LogP contribution in [0.5, 0.6) is 5.75 Å². The summed E-state index contributed by atoms with van der Waals surface area (Å²) in [5, 5.41) is 20.1. The standard InChI is InChI=1S/C10H12O3.CH4.Cr/c1-5-4-8(10(12)13)9(11)7(3)6(5)2;;/h4,11H,1-3H3,(H,12,13);1H4;/q;;+3/p-1. The van der Waals surface area contributed by atoms with Crippen molar-refractivity contribution in [3.63, 3.8) is 0 Å². The Balaban J connectivity index is 0. The second-order valence-electron chi connectivity index (χ2n) is 3.13. The molecule has 0 atom stereocenters. The fourth-order valence-corrected chi connectivity index (χ4v) is 1.22. The molecule has 1 aromatic carbocycles. The molecule has 0 aliphatic carbocycles. The van der Waals surface area contributed by atoms with Crippen molar-refractivity contribution in [2.75, 3.05) is 0 Å². The summed E-state index contributed by atoms with van der Waals surface area (Å²) in [5.41, 5.74) is 2.10. The molecule has 3 nitrogen and oxygen atoms in total. The van der Waals surface area contributed by atoms with E-state index in [-0.39, 0.29) is 36.1 Å². The van der Waals surface area contributed by atoms with E-state index in [0.29, 0.717) is 5.56 Å². The van der Waals surface area contributed by atoms with Crippen molar-refractivity contribution in [1.29, 1.82) is 0 Å². The van der Waals surface area contributed by atoms with E-state index in [0.717, 1.165) is 11.1 Å². The first-order chi connectivity index (χ1) is 5.95. The first-order valence-corrected chi connectivity index (χ1v) is 3.96. The van der Waals surface area contributed by atoms with Crippen LogP contribution in [0.2, 0.25) is 0 Å². The third-order valence-corrected chi connectivity index (χ3v) is 2.33. The molecule has 0 saturated carbocycles. The minimum atomic E-state index is -1.16. The van der Waals surface area contributed by atoms with Gasteiger partial charge < -0.3 is 10.2 Å². The smallest absolute Gasteiger partial charge is 0.872 e. The molecule has 4 heteroatoms. The average Bonchev–Trinajstić information content (AvgIpc) is 2.07. The van der Waals surface area contributed by atoms with Gasteiger partial charge in [-0.2, -0.15) is 0 Å². The van der Waals surface area contributed by atoms with Crippen molar-refractivity contribution in [3.8, 4) is 5.75 Å². The van der Waals surface area contributed by atoms with Crippen molar-refractivity contribution in [2.45, 2.75) is 28.2 Å². The minimum Gasteiger partial charge on any atom is -0.872 e. The Morgan fingerprint density at radius 1 is 1.27 bits per heavy atom. The zero-order valence-electron chi connectivity index (χ0n) is 8.25. The largest absolute Gasteiger partial charge is 3.00 e. The summed E-state index contributed by atoms with van der Waals surface area (Å²) in [4.78, 5) is 10.6. The molecule has 0 unspecified atom stereocenters. The first-order valence-electron chi connectivity index (χ1n) is 3.96. The van der Waals surface area contributed by atoms with Crippen LogP contribution in [0.3, 0.4) is 0 Å². The molecule has 1 radical (unpaired) electrons. The first kappa shape index (κ1) is 16.5. The monoisotopic (exact) mass is 247 g/mol. The van der Waals surface area contributed by atoms with Crippen molar-refractivity contribution in [2.24, 2.45) is 0 Å². The minimum absolute atomic E-state index is 0. The van der Waals surface area contributed by atoms with E-state index in [1.807, 2.05) is 6.92 Å². The Morgan fingerprint density at radius 3 is 2.13 bits per heavy atom. The predicted octanol–water partition coefficient (Wildman–Crippen LogP) is 2.02. The molecule has 0 aliphatic rings. The van der Waals surface area contributed by atoms with Gasteiger partial charge in [0.1, 0.15) is 0 Å². The summed E-state index contributed by atoms with van der Waals surface area (Å²) >= 11 is 0. The Labute approximate surface area is 101 Å². The molecule has 0 fully saturated rings. The number of hydrogen-bond acceptors (Lipinski definition) is 2. The van der Waals surface area contributed by atoms with Crippen LogP contribution in [0.4, 0.5) is 0 Å². The summed E-state index contributed by atoms with van der Waals surface area (Å²) in [6, 6.07) is 1.42. The van der Waals surface area contributed by atoms with Gasteiger partial charge in [0.25, 0.3) is 0 Å². The van der Waals surface area contributed by atoms with E-state index < -0.39 is 5.97 Å². The number of carboxylic acids is 1. The number of aromatic carboxylic acids is 1. The van der Waals surface area contributed by atoms with Gasteiger partial charge in [0, 0.05) is 0 Å². The van der Waals surface area contributed by atoms with E-state index in [1.165, 1.54) is 6.07 Å². The summed E-state index contributed by atoms with van der Waals surface area (Å²) in [6.07, 6.45) is 0. The van der Waals surface area contributed by atoms with E-state index in [9.17, 15) is 9.90 Å². The molecule has 1 rings (SSSR count). The van der Waals surface area contributed by atoms with E-state index in [1.54, 1.807) is 13.8 Å². The summed E-state index contributed by atoms with van der Waals surface area (Å²) in [6.45, 7) is 5.27. The van der Waals surface area contributed by atoms with Gasteiger partial charge in [-0.15, -0.1) is 0 Å². The van der Waals surface area contributed by atoms with Gasteiger partial charge in [0.15, 0.2) is 0 Å². The maximum atomic E-state index is 11.4. The molecule has 0 spiro atoms. The third-order valence-electron chi connectivity index (χ3n) is 2.33. The second-order valence-corrected chi connectivity index (χ2v) is 3.13. The molecule has 0 saturated heterocycles. The Kier molecular flexibility index (Phi) is 6.36. The fourth-order valence-electron chi connectivity index (χ4n) is 1.22. The number of carboxylic acid groups (broad SMARTS) is 1. The second kappa shape index (κ2) is 5.79. The quantitative estimate of drug-likeness (QED) is 0.825. The Morgan fingerprint density at radius 2 is 1.73 bits per heavy atom. The Bertz CT molecular complexity index is 373. The molecular formula is C11H15CrO3+2. The number of aryl methyl sites for hydroxylation is 1. The van der Waals surface area contributed by atoms with Crippen LogP contribution in [0.1, 0.15) is 34.5 Å². The molecule has 1 aromatic rings. The third kappa shape index (κ3) is 2.99. The van der Waals surface area contributed by atoms with Crippen LogP contribution in [0.15, 0.2) is 6.07 Å². The zero-order chi connectivity index (χ0) is 10.2. The SMILES string of the molecule is C.Cc1cc(C(=O)O)c([O-])c(C)c1C.[Cr+3]. The van der Waals surface area contributed by atoms with Crippen LogP contribution in [0, 0.1) is 20.8 Å². The molecule has 0 aromatic heterocycles. The van der Waals surface area contributed by atoms with Crippen LogP contribution in [-0.2, 0) is 17.4 Å². The van der Waals surface area contributed by atoms with Crippen molar-refractivity contribution < 1.29 is 32.4 Å². The van der Waals surface area contributed by atoms with Crippen LogP contribution in [0.25, 0.3) is 0 Å². The normalized spacial score (nSPS) is 8.73. The number of rotatable bonds is 1. The van der Waals surface area contributed by atoms with Gasteiger partial charge >= 0.3 is 23.3 Å². The van der Waals surface area contributed by atoms with Gasteiger partial charge in [-0.3, -0.25) is 0 Å². The number of hydrogen-bond donors (Lipinski definition) is 1. The molecule has 81 valence electrons. The summed E-state index contributed by atoms with van der Waals surface area (Å²) in [7, 11) is 0. The molecule has 0 aliphatic heterocycles. The predicted molar refractivity (Wildman–Crippen MR) is 53.8 cm³/mol. The fraction of sp³-hybridized carbons (Fsp3) is 0.364. The van der Waals surface area contributed by atoms with Gasteiger partial charge in [-0.25, -0.2) is 4.79 Å². The van der Waals surface area contributed by atoms with Gasteiger partial charge in [-0.1, -0.05) is 18.7 Å². The number of benzene rings is 1. The average molecular weight is 247 g/mol. The molecule has 0 heterocycles.